The summed E-state index contributed by atoms with van der Waals surface area (Å²) >= 11 is 0. The highest BCUT2D eigenvalue weighted by atomic mass is 14.9. The van der Waals surface area contributed by atoms with Gasteiger partial charge in [-0.25, -0.2) is 9.97 Å². The molecular formula is C44H31N3. The summed E-state index contributed by atoms with van der Waals surface area (Å²) in [6.07, 6.45) is 3.62. The Morgan fingerprint density at radius 1 is 0.426 bits per heavy atom. The second-order valence-electron chi connectivity index (χ2n) is 12.9. The monoisotopic (exact) mass is 601 g/mol. The van der Waals surface area contributed by atoms with Crippen molar-refractivity contribution in [2.75, 3.05) is 0 Å². The van der Waals surface area contributed by atoms with Crippen LogP contribution in [-0.2, 0) is 5.41 Å². The van der Waals surface area contributed by atoms with Gasteiger partial charge >= 0.3 is 0 Å². The highest BCUT2D eigenvalue weighted by Gasteiger charge is 2.36. The Kier molecular flexibility index (Phi) is 6.16. The van der Waals surface area contributed by atoms with Gasteiger partial charge in [-0.15, -0.1) is 0 Å². The van der Waals surface area contributed by atoms with E-state index in [1.807, 2.05) is 42.7 Å². The van der Waals surface area contributed by atoms with Crippen molar-refractivity contribution in [2.45, 2.75) is 19.3 Å². The Morgan fingerprint density at radius 3 is 1.74 bits per heavy atom. The SMILES string of the molecule is CC1(C)c2cc(-c3ccc(-c4nc(-c5ccccc5)cc(-c5ccncc5)n4)c4ccccc34)ccc2-c2cc3ccccc3cc21. The Balaban J connectivity index is 1.20. The first-order valence-electron chi connectivity index (χ1n) is 16.1. The molecule has 0 saturated carbocycles. The molecule has 8 aromatic rings. The van der Waals surface area contributed by atoms with Crippen molar-refractivity contribution in [3.63, 3.8) is 0 Å². The minimum atomic E-state index is -0.102. The number of hydrogen-bond acceptors (Lipinski definition) is 3. The number of hydrogen-bond donors (Lipinski definition) is 0. The molecule has 2 heterocycles. The largest absolute Gasteiger partial charge is 0.265 e. The summed E-state index contributed by atoms with van der Waals surface area (Å²) in [6.45, 7) is 4.71. The first-order chi connectivity index (χ1) is 23.0. The first kappa shape index (κ1) is 27.4. The lowest BCUT2D eigenvalue weighted by Gasteiger charge is -2.22. The predicted octanol–water partition coefficient (Wildman–Crippen LogP) is 11.2. The number of fused-ring (bicyclic) bond motifs is 5. The summed E-state index contributed by atoms with van der Waals surface area (Å²) in [5, 5.41) is 4.89. The van der Waals surface area contributed by atoms with E-state index in [4.69, 9.17) is 9.97 Å². The average Bonchev–Trinajstić information content (AvgIpc) is 3.35. The molecule has 0 saturated heterocycles. The minimum Gasteiger partial charge on any atom is -0.265 e. The third-order valence-corrected chi connectivity index (χ3v) is 9.79. The van der Waals surface area contributed by atoms with Crippen LogP contribution in [0.3, 0.4) is 0 Å². The molecule has 3 heteroatoms. The summed E-state index contributed by atoms with van der Waals surface area (Å²) in [5.41, 5.74) is 12.6. The lowest BCUT2D eigenvalue weighted by atomic mass is 9.81. The zero-order chi connectivity index (χ0) is 31.5. The third-order valence-electron chi connectivity index (χ3n) is 9.79. The lowest BCUT2D eigenvalue weighted by molar-refractivity contribution is 0.661. The molecule has 0 atom stereocenters. The molecule has 0 aliphatic heterocycles. The zero-order valence-electron chi connectivity index (χ0n) is 26.3. The van der Waals surface area contributed by atoms with E-state index in [2.05, 4.69) is 128 Å². The highest BCUT2D eigenvalue weighted by Crippen LogP contribution is 2.51. The topological polar surface area (TPSA) is 38.7 Å². The second kappa shape index (κ2) is 10.6. The number of rotatable bonds is 4. The molecular weight excluding hydrogens is 571 g/mol. The number of benzene rings is 6. The van der Waals surface area contributed by atoms with Crippen LogP contribution < -0.4 is 0 Å². The molecule has 47 heavy (non-hydrogen) atoms. The third kappa shape index (κ3) is 4.46. The smallest absolute Gasteiger partial charge is 0.161 e. The van der Waals surface area contributed by atoms with Crippen LogP contribution in [0.1, 0.15) is 25.0 Å². The van der Waals surface area contributed by atoms with Gasteiger partial charge in [0.05, 0.1) is 11.4 Å². The Morgan fingerprint density at radius 2 is 1.00 bits per heavy atom. The van der Waals surface area contributed by atoms with Crippen molar-refractivity contribution in [2.24, 2.45) is 0 Å². The standard InChI is InChI=1S/C44H31N3/c1-44(2)39-26-32(16-17-36(39)38-24-30-12-6-7-13-31(30)25-40(38)44)33-18-19-37(35-15-9-8-14-34(33)35)43-46-41(28-10-4-3-5-11-28)27-42(47-43)29-20-22-45-23-21-29/h3-27H,1-2H3. The van der Waals surface area contributed by atoms with Crippen molar-refractivity contribution in [3.8, 4) is 56.2 Å². The average molecular weight is 602 g/mol. The van der Waals surface area contributed by atoms with Gasteiger partial charge in [-0.2, -0.15) is 0 Å². The quantitative estimate of drug-likeness (QED) is 0.201. The molecule has 0 amide bonds. The zero-order valence-corrected chi connectivity index (χ0v) is 26.3. The molecule has 3 nitrogen and oxygen atoms in total. The Bertz CT molecular complexity index is 2420. The molecule has 0 bridgehead atoms. The van der Waals surface area contributed by atoms with E-state index in [-0.39, 0.29) is 5.41 Å². The highest BCUT2D eigenvalue weighted by molar-refractivity contribution is 6.05. The number of nitrogens with zero attached hydrogens (tertiary/aromatic N) is 3. The van der Waals surface area contributed by atoms with Crippen LogP contribution in [0.15, 0.2) is 152 Å². The van der Waals surface area contributed by atoms with Crippen molar-refractivity contribution in [1.29, 1.82) is 0 Å². The predicted molar refractivity (Wildman–Crippen MR) is 194 cm³/mol. The molecule has 1 aliphatic carbocycles. The summed E-state index contributed by atoms with van der Waals surface area (Å²) in [5.74, 6) is 0.707. The van der Waals surface area contributed by atoms with Gasteiger partial charge in [0.25, 0.3) is 0 Å². The van der Waals surface area contributed by atoms with Crippen molar-refractivity contribution < 1.29 is 0 Å². The lowest BCUT2D eigenvalue weighted by Crippen LogP contribution is -2.15. The Hall–Kier alpha value is -5.93. The maximum absolute atomic E-state index is 5.14. The summed E-state index contributed by atoms with van der Waals surface area (Å²) < 4.78 is 0. The van der Waals surface area contributed by atoms with E-state index < -0.39 is 0 Å². The molecule has 0 unspecified atom stereocenters. The van der Waals surface area contributed by atoms with Crippen LogP contribution in [-0.4, -0.2) is 15.0 Å². The molecule has 2 aromatic heterocycles. The van der Waals surface area contributed by atoms with Gasteiger partial charge in [-0.3, -0.25) is 4.98 Å². The van der Waals surface area contributed by atoms with E-state index >= 15 is 0 Å². The maximum atomic E-state index is 5.14. The summed E-state index contributed by atoms with van der Waals surface area (Å²) in [7, 11) is 0. The van der Waals surface area contributed by atoms with Gasteiger partial charge in [0.2, 0.25) is 0 Å². The van der Waals surface area contributed by atoms with Gasteiger partial charge < -0.3 is 0 Å². The van der Waals surface area contributed by atoms with E-state index in [1.54, 1.807) is 0 Å². The van der Waals surface area contributed by atoms with Crippen LogP contribution in [0.5, 0.6) is 0 Å². The molecule has 0 radical (unpaired) electrons. The molecule has 1 aliphatic rings. The van der Waals surface area contributed by atoms with Crippen molar-refractivity contribution in [3.05, 3.63) is 163 Å². The minimum absolute atomic E-state index is 0.102. The maximum Gasteiger partial charge on any atom is 0.161 e. The van der Waals surface area contributed by atoms with E-state index in [1.165, 1.54) is 49.5 Å². The molecule has 222 valence electrons. The molecule has 0 spiro atoms. The van der Waals surface area contributed by atoms with E-state index in [9.17, 15) is 0 Å². The normalized spacial score (nSPS) is 13.1. The van der Waals surface area contributed by atoms with Crippen molar-refractivity contribution in [1.82, 2.24) is 15.0 Å². The number of aromatic nitrogens is 3. The summed E-state index contributed by atoms with van der Waals surface area (Å²) in [4.78, 5) is 14.5. The fourth-order valence-electron chi connectivity index (χ4n) is 7.33. The first-order valence-corrected chi connectivity index (χ1v) is 16.1. The van der Waals surface area contributed by atoms with Crippen LogP contribution >= 0.6 is 0 Å². The van der Waals surface area contributed by atoms with E-state index in [0.717, 1.165) is 33.5 Å². The fourth-order valence-corrected chi connectivity index (χ4v) is 7.33. The molecule has 9 rings (SSSR count). The van der Waals surface area contributed by atoms with E-state index in [0.29, 0.717) is 5.82 Å². The molecule has 0 N–H and O–H groups in total. The van der Waals surface area contributed by atoms with Gasteiger partial charge in [0.15, 0.2) is 5.82 Å². The van der Waals surface area contributed by atoms with Crippen LogP contribution in [0.25, 0.3) is 77.7 Å². The van der Waals surface area contributed by atoms with Gasteiger partial charge in [0, 0.05) is 34.5 Å². The van der Waals surface area contributed by atoms with Gasteiger partial charge in [0.1, 0.15) is 0 Å². The number of pyridine rings is 1. The fraction of sp³-hybridized carbons (Fsp3) is 0.0682. The molecule has 0 fully saturated rings. The van der Waals surface area contributed by atoms with Crippen LogP contribution in [0, 0.1) is 0 Å². The van der Waals surface area contributed by atoms with Gasteiger partial charge in [-0.05, 0) is 97.4 Å². The van der Waals surface area contributed by atoms with Crippen molar-refractivity contribution >= 4 is 21.5 Å². The van der Waals surface area contributed by atoms with Gasteiger partial charge in [-0.1, -0.05) is 111 Å². The second-order valence-corrected chi connectivity index (χ2v) is 12.9. The summed E-state index contributed by atoms with van der Waals surface area (Å²) in [6, 6.07) is 49.9. The van der Waals surface area contributed by atoms with Crippen LogP contribution in [0.4, 0.5) is 0 Å². The Labute approximate surface area is 274 Å². The molecule has 6 aromatic carbocycles. The van der Waals surface area contributed by atoms with Crippen LogP contribution in [0.2, 0.25) is 0 Å².